The van der Waals surface area contributed by atoms with Crippen LogP contribution in [-0.2, 0) is 19.9 Å². The molecule has 0 saturated carbocycles. The molecule has 1 aliphatic heterocycles. The second-order valence-electron chi connectivity index (χ2n) is 7.27. The van der Waals surface area contributed by atoms with Crippen LogP contribution >= 0.6 is 0 Å². The van der Waals surface area contributed by atoms with Gasteiger partial charge in [-0.1, -0.05) is 43.3 Å². The Morgan fingerprint density at radius 3 is 2.48 bits per heavy atom. The van der Waals surface area contributed by atoms with E-state index in [1.165, 1.54) is 0 Å². The van der Waals surface area contributed by atoms with Crippen LogP contribution in [0.4, 0.5) is 0 Å². The Bertz CT molecular complexity index is 814. The smallest absolute Gasteiger partial charge is 0.333 e. The maximum Gasteiger partial charge on any atom is 0.333 e. The van der Waals surface area contributed by atoms with Crippen molar-refractivity contribution in [1.29, 1.82) is 0 Å². The van der Waals surface area contributed by atoms with E-state index in [0.717, 1.165) is 16.3 Å². The Hall–Kier alpha value is -2.40. The molecule has 0 bridgehead atoms. The summed E-state index contributed by atoms with van der Waals surface area (Å²) in [5, 5.41) is 14.4. The molecule has 132 valence electrons. The summed E-state index contributed by atoms with van der Waals surface area (Å²) >= 11 is 0. The van der Waals surface area contributed by atoms with Crippen LogP contribution in [0.5, 0.6) is 0 Å². The van der Waals surface area contributed by atoms with Crippen molar-refractivity contribution in [2.45, 2.75) is 44.9 Å². The number of fused-ring (bicyclic) bond motifs is 1. The summed E-state index contributed by atoms with van der Waals surface area (Å²) in [6.07, 6.45) is -1.23. The summed E-state index contributed by atoms with van der Waals surface area (Å²) in [6.45, 7) is 5.66. The minimum Gasteiger partial charge on any atom is -0.479 e. The average molecular weight is 341 g/mol. The summed E-state index contributed by atoms with van der Waals surface area (Å²) in [7, 11) is 0. The summed E-state index contributed by atoms with van der Waals surface area (Å²) in [5.74, 6) is -1.47. The molecule has 5 heteroatoms. The van der Waals surface area contributed by atoms with Crippen molar-refractivity contribution in [3.05, 3.63) is 48.0 Å². The highest BCUT2D eigenvalue weighted by atomic mass is 16.5. The number of carbonyl (C=O) groups is 2. The number of hydrogen-bond acceptors (Lipinski definition) is 3. The fourth-order valence-corrected chi connectivity index (χ4v) is 3.34. The van der Waals surface area contributed by atoms with Crippen molar-refractivity contribution in [2.24, 2.45) is 5.92 Å². The van der Waals surface area contributed by atoms with Crippen molar-refractivity contribution in [3.8, 4) is 0 Å². The SMILES string of the molecule is C[C@H]1C[C@H](C(=O)NC(C)(C)c2ccc3ccccc3c2)O[C@@H]1C(=O)O. The first kappa shape index (κ1) is 17.4. The lowest BCUT2D eigenvalue weighted by Gasteiger charge is -2.28. The van der Waals surface area contributed by atoms with Crippen LogP contribution in [0.1, 0.15) is 32.8 Å². The van der Waals surface area contributed by atoms with Crippen LogP contribution in [0, 0.1) is 5.92 Å². The summed E-state index contributed by atoms with van der Waals surface area (Å²) in [6, 6.07) is 14.2. The predicted molar refractivity (Wildman–Crippen MR) is 95.2 cm³/mol. The first-order valence-corrected chi connectivity index (χ1v) is 8.47. The predicted octanol–water partition coefficient (Wildman–Crippen LogP) is 3.07. The van der Waals surface area contributed by atoms with E-state index >= 15 is 0 Å². The zero-order valence-corrected chi connectivity index (χ0v) is 14.7. The number of benzene rings is 2. The maximum atomic E-state index is 12.6. The zero-order chi connectivity index (χ0) is 18.2. The molecule has 3 rings (SSSR count). The normalized spacial score (nSPS) is 23.6. The van der Waals surface area contributed by atoms with Crippen LogP contribution in [0.3, 0.4) is 0 Å². The van der Waals surface area contributed by atoms with Gasteiger partial charge in [-0.15, -0.1) is 0 Å². The van der Waals surface area contributed by atoms with Crippen LogP contribution in [-0.4, -0.2) is 29.2 Å². The molecule has 0 radical (unpaired) electrons. The topological polar surface area (TPSA) is 75.6 Å². The highest BCUT2D eigenvalue weighted by Gasteiger charge is 2.41. The molecule has 0 aromatic heterocycles. The van der Waals surface area contributed by atoms with Crippen molar-refractivity contribution in [1.82, 2.24) is 5.32 Å². The Balaban J connectivity index is 1.76. The molecular formula is C20H23NO4. The number of carboxylic acid groups (broad SMARTS) is 1. The molecule has 0 unspecified atom stereocenters. The Kier molecular flexibility index (Phi) is 4.52. The lowest BCUT2D eigenvalue weighted by molar-refractivity contribution is -0.153. The first-order valence-electron chi connectivity index (χ1n) is 8.47. The van der Waals surface area contributed by atoms with Gasteiger partial charge in [0.05, 0.1) is 5.54 Å². The van der Waals surface area contributed by atoms with Crippen LogP contribution in [0.25, 0.3) is 10.8 Å². The van der Waals surface area contributed by atoms with E-state index in [9.17, 15) is 9.59 Å². The molecule has 1 heterocycles. The van der Waals surface area contributed by atoms with Gasteiger partial charge in [0, 0.05) is 0 Å². The molecule has 2 aromatic carbocycles. The Morgan fingerprint density at radius 2 is 1.84 bits per heavy atom. The Morgan fingerprint density at radius 1 is 1.16 bits per heavy atom. The number of amides is 1. The zero-order valence-electron chi connectivity index (χ0n) is 14.7. The fourth-order valence-electron chi connectivity index (χ4n) is 3.34. The molecule has 3 atom stereocenters. The van der Waals surface area contributed by atoms with Gasteiger partial charge in [0.15, 0.2) is 6.10 Å². The molecule has 5 nitrogen and oxygen atoms in total. The van der Waals surface area contributed by atoms with Gasteiger partial charge in [-0.05, 0) is 48.6 Å². The van der Waals surface area contributed by atoms with E-state index in [-0.39, 0.29) is 11.8 Å². The van der Waals surface area contributed by atoms with Gasteiger partial charge < -0.3 is 15.2 Å². The molecule has 1 amide bonds. The number of hydrogen-bond donors (Lipinski definition) is 2. The molecule has 0 spiro atoms. The number of aliphatic carboxylic acids is 1. The number of carboxylic acids is 1. The van der Waals surface area contributed by atoms with Gasteiger partial charge in [-0.25, -0.2) is 4.79 Å². The van der Waals surface area contributed by atoms with Gasteiger partial charge >= 0.3 is 5.97 Å². The third-order valence-electron chi connectivity index (χ3n) is 4.86. The standard InChI is InChI=1S/C20H23NO4/c1-12-10-16(25-17(12)19(23)24)18(22)21-20(2,3)15-9-8-13-6-4-5-7-14(13)11-15/h4-9,11-12,16-17H,10H2,1-3H3,(H,21,22)(H,23,24)/t12-,16+,17-/m0/s1. The Labute approximate surface area is 147 Å². The number of nitrogens with one attached hydrogen (secondary N) is 1. The minimum atomic E-state index is -1.02. The molecule has 2 N–H and O–H groups in total. The summed E-state index contributed by atoms with van der Waals surface area (Å²) in [4.78, 5) is 23.7. The van der Waals surface area contributed by atoms with Crippen molar-refractivity contribution < 1.29 is 19.4 Å². The highest BCUT2D eigenvalue weighted by molar-refractivity contribution is 5.85. The van der Waals surface area contributed by atoms with Gasteiger partial charge in [-0.2, -0.15) is 0 Å². The quantitative estimate of drug-likeness (QED) is 0.896. The second kappa shape index (κ2) is 6.48. The van der Waals surface area contributed by atoms with E-state index in [2.05, 4.69) is 11.4 Å². The van der Waals surface area contributed by atoms with Gasteiger partial charge in [0.2, 0.25) is 5.91 Å². The third kappa shape index (κ3) is 3.51. The number of rotatable bonds is 4. The molecule has 0 aliphatic carbocycles. The molecule has 1 fully saturated rings. The van der Waals surface area contributed by atoms with E-state index in [1.54, 1.807) is 6.92 Å². The monoisotopic (exact) mass is 341 g/mol. The molecule has 2 aromatic rings. The van der Waals surface area contributed by atoms with Crippen molar-refractivity contribution >= 4 is 22.6 Å². The largest absolute Gasteiger partial charge is 0.479 e. The minimum absolute atomic E-state index is 0.183. The molecular weight excluding hydrogens is 318 g/mol. The van der Waals surface area contributed by atoms with Crippen LogP contribution < -0.4 is 5.32 Å². The van der Waals surface area contributed by atoms with E-state index in [0.29, 0.717) is 6.42 Å². The highest BCUT2D eigenvalue weighted by Crippen LogP contribution is 2.29. The van der Waals surface area contributed by atoms with E-state index in [1.807, 2.05) is 50.2 Å². The number of ether oxygens (including phenoxy) is 1. The van der Waals surface area contributed by atoms with Crippen LogP contribution in [0.15, 0.2) is 42.5 Å². The lowest BCUT2D eigenvalue weighted by atomic mass is 9.91. The number of carbonyl (C=O) groups excluding carboxylic acids is 1. The van der Waals surface area contributed by atoms with E-state index < -0.39 is 23.7 Å². The molecule has 1 saturated heterocycles. The fraction of sp³-hybridized carbons (Fsp3) is 0.400. The molecule has 25 heavy (non-hydrogen) atoms. The van der Waals surface area contributed by atoms with Gasteiger partial charge in [0.1, 0.15) is 6.10 Å². The van der Waals surface area contributed by atoms with Gasteiger partial charge in [-0.3, -0.25) is 4.79 Å². The third-order valence-corrected chi connectivity index (χ3v) is 4.86. The summed E-state index contributed by atoms with van der Waals surface area (Å²) < 4.78 is 5.44. The lowest BCUT2D eigenvalue weighted by Crippen LogP contribution is -2.46. The van der Waals surface area contributed by atoms with Crippen molar-refractivity contribution in [2.75, 3.05) is 0 Å². The van der Waals surface area contributed by atoms with Crippen LogP contribution in [0.2, 0.25) is 0 Å². The second-order valence-corrected chi connectivity index (χ2v) is 7.27. The van der Waals surface area contributed by atoms with Crippen molar-refractivity contribution in [3.63, 3.8) is 0 Å². The first-order chi connectivity index (χ1) is 11.8. The maximum absolute atomic E-state index is 12.6. The average Bonchev–Trinajstić information content (AvgIpc) is 2.96. The summed E-state index contributed by atoms with van der Waals surface area (Å²) in [5.41, 5.74) is 0.398. The molecule has 1 aliphatic rings. The van der Waals surface area contributed by atoms with E-state index in [4.69, 9.17) is 9.84 Å². The van der Waals surface area contributed by atoms with Gasteiger partial charge in [0.25, 0.3) is 0 Å².